The van der Waals surface area contributed by atoms with Crippen LogP contribution in [0.3, 0.4) is 0 Å². The van der Waals surface area contributed by atoms with Gasteiger partial charge in [0.2, 0.25) is 10.0 Å². The van der Waals surface area contributed by atoms with Gasteiger partial charge in [0.25, 0.3) is 5.91 Å². The molecule has 0 spiro atoms. The van der Waals surface area contributed by atoms with Crippen molar-refractivity contribution in [1.29, 1.82) is 0 Å². The molecule has 0 saturated carbocycles. The smallest absolute Gasteiger partial charge is 0.381 e. The second-order valence-electron chi connectivity index (χ2n) is 6.68. The molecule has 0 bridgehead atoms. The summed E-state index contributed by atoms with van der Waals surface area (Å²) in [4.78, 5) is 11.7. The number of alkyl halides is 3. The van der Waals surface area contributed by atoms with Gasteiger partial charge in [-0.1, -0.05) is 18.2 Å². The molecule has 2 aromatic carbocycles. The van der Waals surface area contributed by atoms with Crippen molar-refractivity contribution in [3.05, 3.63) is 60.2 Å². The van der Waals surface area contributed by atoms with Crippen LogP contribution in [0.5, 0.6) is 0 Å². The van der Waals surface area contributed by atoms with Crippen molar-refractivity contribution in [2.24, 2.45) is 0 Å². The fourth-order valence-corrected chi connectivity index (χ4v) is 4.54. The predicted octanol–water partition coefficient (Wildman–Crippen LogP) is 2.85. The quantitative estimate of drug-likeness (QED) is 0.743. The van der Waals surface area contributed by atoms with E-state index in [1.165, 1.54) is 28.6 Å². The number of rotatable bonds is 6. The van der Waals surface area contributed by atoms with Gasteiger partial charge < -0.3 is 10.6 Å². The lowest BCUT2D eigenvalue weighted by Crippen LogP contribution is -2.34. The molecule has 1 aliphatic rings. The van der Waals surface area contributed by atoms with Crippen molar-refractivity contribution in [2.45, 2.75) is 23.5 Å². The van der Waals surface area contributed by atoms with E-state index in [9.17, 15) is 26.4 Å². The van der Waals surface area contributed by atoms with Crippen LogP contribution in [-0.4, -0.2) is 50.5 Å². The van der Waals surface area contributed by atoms with E-state index in [1.54, 1.807) is 5.32 Å². The van der Waals surface area contributed by atoms with E-state index < -0.39 is 28.7 Å². The molecule has 3 rings (SSSR count). The number of nitrogens with one attached hydrogen (secondary N) is 2. The largest absolute Gasteiger partial charge is 0.405 e. The van der Waals surface area contributed by atoms with Crippen LogP contribution < -0.4 is 10.6 Å². The van der Waals surface area contributed by atoms with Gasteiger partial charge in [0, 0.05) is 30.4 Å². The Hall–Kier alpha value is -2.59. The highest BCUT2D eigenvalue weighted by molar-refractivity contribution is 7.89. The van der Waals surface area contributed by atoms with Gasteiger partial charge in [-0.3, -0.25) is 4.79 Å². The first-order valence-electron chi connectivity index (χ1n) is 8.92. The normalized spacial score (nSPS) is 17.8. The minimum absolute atomic E-state index is 0.00904. The monoisotopic (exact) mass is 427 g/mol. The van der Waals surface area contributed by atoms with Crippen LogP contribution >= 0.6 is 0 Å². The van der Waals surface area contributed by atoms with Crippen LogP contribution in [0, 0.1) is 0 Å². The second-order valence-corrected chi connectivity index (χ2v) is 8.62. The van der Waals surface area contributed by atoms with Crippen molar-refractivity contribution < 1.29 is 26.4 Å². The second kappa shape index (κ2) is 8.42. The van der Waals surface area contributed by atoms with Crippen molar-refractivity contribution in [3.63, 3.8) is 0 Å². The number of carbonyl (C=O) groups is 1. The van der Waals surface area contributed by atoms with Crippen molar-refractivity contribution >= 4 is 21.6 Å². The standard InChI is InChI=1S/C19H20F3N3O3S/c20-19(21,22)13-23-18(26)14-6-8-17(9-7-14)29(27,28)25-11-10-16(12-25)24-15-4-2-1-3-5-15/h1-9,16,24H,10-13H2,(H,23,26)/t16-/m1/s1. The highest BCUT2D eigenvalue weighted by atomic mass is 32.2. The molecular formula is C19H20F3N3O3S. The van der Waals surface area contributed by atoms with Gasteiger partial charge in [0.15, 0.2) is 0 Å². The zero-order valence-corrected chi connectivity index (χ0v) is 16.1. The molecule has 1 amide bonds. The SMILES string of the molecule is O=C(NCC(F)(F)F)c1ccc(S(=O)(=O)N2CC[C@@H](Nc3ccccc3)C2)cc1. The first-order valence-corrected chi connectivity index (χ1v) is 10.4. The highest BCUT2D eigenvalue weighted by Crippen LogP contribution is 2.23. The number of benzene rings is 2. The Balaban J connectivity index is 1.63. The first-order chi connectivity index (χ1) is 13.6. The average molecular weight is 427 g/mol. The number of anilines is 1. The first kappa shape index (κ1) is 21.1. The zero-order valence-electron chi connectivity index (χ0n) is 15.3. The van der Waals surface area contributed by atoms with E-state index >= 15 is 0 Å². The molecule has 156 valence electrons. The number of hydrogen-bond acceptors (Lipinski definition) is 4. The van der Waals surface area contributed by atoms with Crippen LogP contribution in [0.15, 0.2) is 59.5 Å². The summed E-state index contributed by atoms with van der Waals surface area (Å²) in [7, 11) is -3.76. The number of para-hydroxylation sites is 1. The predicted molar refractivity (Wildman–Crippen MR) is 102 cm³/mol. The highest BCUT2D eigenvalue weighted by Gasteiger charge is 2.33. The van der Waals surface area contributed by atoms with E-state index in [1.807, 2.05) is 30.3 Å². The molecule has 0 aliphatic carbocycles. The molecule has 0 radical (unpaired) electrons. The Morgan fingerprint density at radius 3 is 2.34 bits per heavy atom. The van der Waals surface area contributed by atoms with Gasteiger partial charge in [-0.2, -0.15) is 17.5 Å². The van der Waals surface area contributed by atoms with Crippen molar-refractivity contribution in [3.8, 4) is 0 Å². The topological polar surface area (TPSA) is 78.5 Å². The molecule has 2 N–H and O–H groups in total. The van der Waals surface area contributed by atoms with Crippen LogP contribution in [-0.2, 0) is 10.0 Å². The summed E-state index contributed by atoms with van der Waals surface area (Å²) < 4.78 is 63.6. The lowest BCUT2D eigenvalue weighted by atomic mass is 10.2. The van der Waals surface area contributed by atoms with Gasteiger partial charge in [-0.05, 0) is 42.8 Å². The minimum Gasteiger partial charge on any atom is -0.381 e. The molecule has 6 nitrogen and oxygen atoms in total. The lowest BCUT2D eigenvalue weighted by molar-refractivity contribution is -0.123. The van der Waals surface area contributed by atoms with E-state index in [4.69, 9.17) is 0 Å². The third-order valence-corrected chi connectivity index (χ3v) is 6.38. The summed E-state index contributed by atoms with van der Waals surface area (Å²) >= 11 is 0. The number of nitrogens with zero attached hydrogens (tertiary/aromatic N) is 1. The van der Waals surface area contributed by atoms with E-state index in [0.717, 1.165) is 5.69 Å². The molecular weight excluding hydrogens is 407 g/mol. The Labute approximate surface area is 166 Å². The summed E-state index contributed by atoms with van der Waals surface area (Å²) in [5, 5.41) is 5.04. The van der Waals surface area contributed by atoms with E-state index in [0.29, 0.717) is 19.5 Å². The number of halogens is 3. The Kier molecular flexibility index (Phi) is 6.13. The zero-order chi connectivity index (χ0) is 21.1. The molecule has 1 fully saturated rings. The lowest BCUT2D eigenvalue weighted by Gasteiger charge is -2.18. The van der Waals surface area contributed by atoms with Gasteiger partial charge in [0.1, 0.15) is 6.54 Å². The number of hydrogen-bond donors (Lipinski definition) is 2. The average Bonchev–Trinajstić information content (AvgIpc) is 3.16. The third-order valence-electron chi connectivity index (χ3n) is 4.50. The number of carbonyl (C=O) groups excluding carboxylic acids is 1. The van der Waals surface area contributed by atoms with Gasteiger partial charge in [-0.15, -0.1) is 0 Å². The van der Waals surface area contributed by atoms with E-state index in [2.05, 4.69) is 5.32 Å². The molecule has 0 unspecified atom stereocenters. The minimum atomic E-state index is -4.51. The molecule has 1 aliphatic heterocycles. The molecule has 1 saturated heterocycles. The van der Waals surface area contributed by atoms with Crippen molar-refractivity contribution in [2.75, 3.05) is 25.0 Å². The van der Waals surface area contributed by atoms with Gasteiger partial charge >= 0.3 is 6.18 Å². The summed E-state index contributed by atoms with van der Waals surface area (Å²) in [6.07, 6.45) is -3.87. The van der Waals surface area contributed by atoms with E-state index in [-0.39, 0.29) is 16.5 Å². The number of amides is 1. The van der Waals surface area contributed by atoms with Crippen LogP contribution in [0.4, 0.5) is 18.9 Å². The van der Waals surface area contributed by atoms with Crippen LogP contribution in [0.2, 0.25) is 0 Å². The van der Waals surface area contributed by atoms with Crippen molar-refractivity contribution in [1.82, 2.24) is 9.62 Å². The van der Waals surface area contributed by atoms with Crippen LogP contribution in [0.25, 0.3) is 0 Å². The molecule has 10 heteroatoms. The summed E-state index contributed by atoms with van der Waals surface area (Å²) in [6.45, 7) is -0.804. The summed E-state index contributed by atoms with van der Waals surface area (Å²) in [5.74, 6) is -0.917. The summed E-state index contributed by atoms with van der Waals surface area (Å²) in [6, 6.07) is 14.3. The maximum absolute atomic E-state index is 12.8. The summed E-state index contributed by atoms with van der Waals surface area (Å²) in [5.41, 5.74) is 0.865. The Morgan fingerprint density at radius 2 is 1.72 bits per heavy atom. The molecule has 0 aromatic heterocycles. The van der Waals surface area contributed by atoms with Gasteiger partial charge in [-0.25, -0.2) is 8.42 Å². The molecule has 29 heavy (non-hydrogen) atoms. The maximum Gasteiger partial charge on any atom is 0.405 e. The fourth-order valence-electron chi connectivity index (χ4n) is 3.04. The number of sulfonamides is 1. The maximum atomic E-state index is 12.8. The molecule has 2 aromatic rings. The fraction of sp³-hybridized carbons (Fsp3) is 0.316. The van der Waals surface area contributed by atoms with Crippen LogP contribution in [0.1, 0.15) is 16.8 Å². The Bertz CT molecular complexity index is 948. The van der Waals surface area contributed by atoms with Gasteiger partial charge in [0.05, 0.1) is 4.90 Å². The third kappa shape index (κ3) is 5.48. The molecule has 1 heterocycles. The Morgan fingerprint density at radius 1 is 1.07 bits per heavy atom. The molecule has 1 atom stereocenters.